The van der Waals surface area contributed by atoms with Gasteiger partial charge >= 0.3 is 0 Å². The summed E-state index contributed by atoms with van der Waals surface area (Å²) in [5.74, 6) is 0. The maximum Gasteiger partial charge on any atom is 0.117 e. The van der Waals surface area contributed by atoms with Gasteiger partial charge in [0.15, 0.2) is 0 Å². The first kappa shape index (κ1) is 8.78. The third kappa shape index (κ3) is 1.84. The lowest BCUT2D eigenvalue weighted by atomic mass is 10.1. The smallest absolute Gasteiger partial charge is 0.117 e. The lowest BCUT2D eigenvalue weighted by molar-refractivity contribution is 0.276. The maximum atomic E-state index is 8.61. The number of aromatic amines is 1. The monoisotopic (exact) mass is 165 g/mol. The van der Waals surface area contributed by atoms with Gasteiger partial charge in [-0.2, -0.15) is 5.26 Å². The molecule has 64 valence electrons. The van der Waals surface area contributed by atoms with Gasteiger partial charge in [-0.15, -0.1) is 0 Å². The fourth-order valence-corrected chi connectivity index (χ4v) is 0.995. The predicted molar refractivity (Wildman–Crippen MR) is 44.1 cm³/mol. The molecule has 0 unspecified atom stereocenters. The van der Waals surface area contributed by atoms with Gasteiger partial charge < -0.3 is 15.8 Å². The summed E-state index contributed by atoms with van der Waals surface area (Å²) in [5, 5.41) is 17.1. The van der Waals surface area contributed by atoms with E-state index in [9.17, 15) is 0 Å². The molecular weight excluding hydrogens is 154 g/mol. The van der Waals surface area contributed by atoms with Gasteiger partial charge in [-0.25, -0.2) is 0 Å². The van der Waals surface area contributed by atoms with Gasteiger partial charge in [0, 0.05) is 18.8 Å². The SMILES string of the molecule is N#Cc1cc([C@@H](N)CCO)c[nH]1. The van der Waals surface area contributed by atoms with E-state index in [2.05, 4.69) is 4.98 Å². The molecule has 12 heavy (non-hydrogen) atoms. The van der Waals surface area contributed by atoms with Crippen LogP contribution in [0.2, 0.25) is 0 Å². The molecule has 0 spiro atoms. The number of hydrogen-bond acceptors (Lipinski definition) is 3. The van der Waals surface area contributed by atoms with Crippen molar-refractivity contribution in [1.29, 1.82) is 5.26 Å². The number of aliphatic hydroxyl groups is 1. The van der Waals surface area contributed by atoms with Gasteiger partial charge in [-0.05, 0) is 18.1 Å². The summed E-state index contributed by atoms with van der Waals surface area (Å²) in [5.41, 5.74) is 7.04. The Hall–Kier alpha value is -1.31. The van der Waals surface area contributed by atoms with E-state index in [4.69, 9.17) is 16.1 Å². The van der Waals surface area contributed by atoms with Crippen molar-refractivity contribution in [1.82, 2.24) is 4.98 Å². The molecule has 1 atom stereocenters. The van der Waals surface area contributed by atoms with Crippen molar-refractivity contribution in [2.45, 2.75) is 12.5 Å². The van der Waals surface area contributed by atoms with E-state index in [1.165, 1.54) is 0 Å². The van der Waals surface area contributed by atoms with Crippen LogP contribution in [0.5, 0.6) is 0 Å². The average Bonchev–Trinajstić information content (AvgIpc) is 2.52. The van der Waals surface area contributed by atoms with Crippen LogP contribution in [0.25, 0.3) is 0 Å². The molecule has 0 aromatic carbocycles. The second-order valence-electron chi connectivity index (χ2n) is 2.58. The molecule has 4 N–H and O–H groups in total. The van der Waals surface area contributed by atoms with E-state index in [-0.39, 0.29) is 12.6 Å². The number of hydrogen-bond donors (Lipinski definition) is 3. The minimum atomic E-state index is -0.187. The van der Waals surface area contributed by atoms with Crippen LogP contribution in [0.4, 0.5) is 0 Å². The molecule has 0 fully saturated rings. The molecule has 1 aromatic heterocycles. The van der Waals surface area contributed by atoms with Gasteiger partial charge in [-0.3, -0.25) is 0 Å². The summed E-state index contributed by atoms with van der Waals surface area (Å²) in [6.07, 6.45) is 2.21. The molecular formula is C8H11N3O. The Morgan fingerprint density at radius 3 is 3.00 bits per heavy atom. The molecule has 1 rings (SSSR count). The molecule has 4 heteroatoms. The number of nitrogens with zero attached hydrogens (tertiary/aromatic N) is 1. The predicted octanol–water partition coefficient (Wildman–Crippen LogP) is 0.269. The Kier molecular flexibility index (Phi) is 2.86. The normalized spacial score (nSPS) is 12.4. The van der Waals surface area contributed by atoms with Crippen molar-refractivity contribution in [2.75, 3.05) is 6.61 Å². The molecule has 0 radical (unpaired) electrons. The van der Waals surface area contributed by atoms with E-state index in [0.29, 0.717) is 12.1 Å². The van der Waals surface area contributed by atoms with E-state index in [1.54, 1.807) is 12.3 Å². The zero-order valence-corrected chi connectivity index (χ0v) is 6.62. The van der Waals surface area contributed by atoms with Crippen LogP contribution in [-0.4, -0.2) is 16.7 Å². The van der Waals surface area contributed by atoms with Gasteiger partial charge in [0.25, 0.3) is 0 Å². The second kappa shape index (κ2) is 3.90. The van der Waals surface area contributed by atoms with Crippen LogP contribution in [0.1, 0.15) is 23.7 Å². The van der Waals surface area contributed by atoms with Crippen molar-refractivity contribution in [3.63, 3.8) is 0 Å². The molecule has 0 bridgehead atoms. The topological polar surface area (TPSA) is 85.8 Å². The van der Waals surface area contributed by atoms with Crippen molar-refractivity contribution < 1.29 is 5.11 Å². The summed E-state index contributed by atoms with van der Waals surface area (Å²) in [4.78, 5) is 2.77. The van der Waals surface area contributed by atoms with Crippen molar-refractivity contribution >= 4 is 0 Å². The fraction of sp³-hybridized carbons (Fsp3) is 0.375. The molecule has 0 amide bonds. The number of aromatic nitrogens is 1. The van der Waals surface area contributed by atoms with Crippen molar-refractivity contribution in [3.05, 3.63) is 23.5 Å². The summed E-state index contributed by atoms with van der Waals surface area (Å²) < 4.78 is 0. The number of nitriles is 1. The second-order valence-corrected chi connectivity index (χ2v) is 2.58. The van der Waals surface area contributed by atoms with Crippen LogP contribution in [0.3, 0.4) is 0 Å². The Bertz CT molecular complexity index is 287. The van der Waals surface area contributed by atoms with Crippen LogP contribution in [0.15, 0.2) is 12.3 Å². The maximum absolute atomic E-state index is 8.61. The number of nitrogens with one attached hydrogen (secondary N) is 1. The highest BCUT2D eigenvalue weighted by atomic mass is 16.3. The Balaban J connectivity index is 2.69. The summed E-state index contributed by atoms with van der Waals surface area (Å²) in [7, 11) is 0. The Morgan fingerprint density at radius 1 is 1.75 bits per heavy atom. The molecule has 1 heterocycles. The van der Waals surface area contributed by atoms with E-state index >= 15 is 0 Å². The van der Waals surface area contributed by atoms with Crippen molar-refractivity contribution in [3.8, 4) is 6.07 Å². The number of rotatable bonds is 3. The van der Waals surface area contributed by atoms with Crippen LogP contribution in [0, 0.1) is 11.3 Å². The molecule has 1 aromatic rings. The molecule has 0 saturated carbocycles. The van der Waals surface area contributed by atoms with E-state index < -0.39 is 0 Å². The number of nitrogens with two attached hydrogens (primary N) is 1. The zero-order chi connectivity index (χ0) is 8.97. The molecule has 0 aliphatic rings. The molecule has 0 saturated heterocycles. The summed E-state index contributed by atoms with van der Waals surface area (Å²) >= 11 is 0. The Morgan fingerprint density at radius 2 is 2.50 bits per heavy atom. The standard InChI is InChI=1S/C8H11N3O/c9-4-7-3-6(5-11-7)8(10)1-2-12/h3,5,8,11-12H,1-2,10H2/t8-/m0/s1. The number of aliphatic hydroxyl groups excluding tert-OH is 1. The van der Waals surface area contributed by atoms with Gasteiger partial charge in [0.05, 0.1) is 0 Å². The lowest BCUT2D eigenvalue weighted by Crippen LogP contribution is -2.10. The van der Waals surface area contributed by atoms with Gasteiger partial charge in [0.1, 0.15) is 11.8 Å². The van der Waals surface area contributed by atoms with E-state index in [1.807, 2.05) is 6.07 Å². The summed E-state index contributed by atoms with van der Waals surface area (Å²) in [6.45, 7) is 0.0637. The number of H-pyrrole nitrogens is 1. The minimum absolute atomic E-state index is 0.0637. The third-order valence-electron chi connectivity index (χ3n) is 1.69. The molecule has 4 nitrogen and oxygen atoms in total. The highest BCUT2D eigenvalue weighted by molar-refractivity contribution is 5.28. The lowest BCUT2D eigenvalue weighted by Gasteiger charge is -2.05. The van der Waals surface area contributed by atoms with Crippen molar-refractivity contribution in [2.24, 2.45) is 5.73 Å². The van der Waals surface area contributed by atoms with Gasteiger partial charge in [0.2, 0.25) is 0 Å². The zero-order valence-electron chi connectivity index (χ0n) is 6.62. The minimum Gasteiger partial charge on any atom is -0.396 e. The van der Waals surface area contributed by atoms with Crippen LogP contribution >= 0.6 is 0 Å². The van der Waals surface area contributed by atoms with E-state index in [0.717, 1.165) is 5.56 Å². The highest BCUT2D eigenvalue weighted by Gasteiger charge is 2.06. The molecule has 0 aliphatic carbocycles. The first-order valence-corrected chi connectivity index (χ1v) is 3.72. The fourth-order valence-electron chi connectivity index (χ4n) is 0.995. The Labute approximate surface area is 70.6 Å². The van der Waals surface area contributed by atoms with Crippen LogP contribution in [-0.2, 0) is 0 Å². The summed E-state index contributed by atoms with van der Waals surface area (Å²) in [6, 6.07) is 3.48. The van der Waals surface area contributed by atoms with Crippen LogP contribution < -0.4 is 5.73 Å². The third-order valence-corrected chi connectivity index (χ3v) is 1.69. The first-order valence-electron chi connectivity index (χ1n) is 3.72. The molecule has 0 aliphatic heterocycles. The first-order chi connectivity index (χ1) is 5.77. The highest BCUT2D eigenvalue weighted by Crippen LogP contribution is 2.13. The average molecular weight is 165 g/mol. The quantitative estimate of drug-likeness (QED) is 0.600. The largest absolute Gasteiger partial charge is 0.396 e. The van der Waals surface area contributed by atoms with Gasteiger partial charge in [-0.1, -0.05) is 0 Å².